The second kappa shape index (κ2) is 6.09. The molecule has 1 unspecified atom stereocenters. The number of aryl methyl sites for hydroxylation is 1. The van der Waals surface area contributed by atoms with E-state index >= 15 is 0 Å². The maximum atomic E-state index is 12.0. The Bertz CT molecular complexity index is 681. The lowest BCUT2D eigenvalue weighted by Gasteiger charge is -2.27. The maximum absolute atomic E-state index is 12.0. The van der Waals surface area contributed by atoms with E-state index in [0.717, 1.165) is 22.8 Å². The van der Waals surface area contributed by atoms with Crippen LogP contribution in [-0.4, -0.2) is 30.8 Å². The maximum Gasteiger partial charge on any atom is 0.228 e. The second-order valence-corrected chi connectivity index (χ2v) is 5.34. The first-order valence-electron chi connectivity index (χ1n) is 7.16. The number of benzene rings is 1. The van der Waals surface area contributed by atoms with E-state index in [4.69, 9.17) is 14.0 Å². The minimum Gasteiger partial charge on any atom is -0.493 e. The van der Waals surface area contributed by atoms with Crippen LogP contribution in [0.4, 0.5) is 0 Å². The molecule has 0 bridgehead atoms. The molecule has 0 spiro atoms. The largest absolute Gasteiger partial charge is 0.493 e. The molecule has 1 aliphatic rings. The molecule has 0 radical (unpaired) electrons. The number of nitrogens with one attached hydrogen (secondary N) is 1. The highest BCUT2D eigenvalue weighted by Crippen LogP contribution is 2.34. The van der Waals surface area contributed by atoms with Crippen LogP contribution in [0.15, 0.2) is 28.8 Å². The normalized spacial score (nSPS) is 16.5. The Kier molecular flexibility index (Phi) is 4.00. The SMILES string of the molecule is COc1cccc2c1OCC(NC(=O)Cc1cc(C)no1)C2. The van der Waals surface area contributed by atoms with Crippen molar-refractivity contribution in [1.82, 2.24) is 10.5 Å². The molecule has 0 aliphatic carbocycles. The average molecular weight is 302 g/mol. The highest BCUT2D eigenvalue weighted by atomic mass is 16.5. The van der Waals surface area contributed by atoms with E-state index in [0.29, 0.717) is 18.8 Å². The lowest BCUT2D eigenvalue weighted by Crippen LogP contribution is -2.43. The fourth-order valence-electron chi connectivity index (χ4n) is 2.58. The first kappa shape index (κ1) is 14.4. The topological polar surface area (TPSA) is 73.6 Å². The molecule has 6 nitrogen and oxygen atoms in total. The van der Waals surface area contributed by atoms with Gasteiger partial charge in [0.25, 0.3) is 0 Å². The molecule has 1 aromatic heterocycles. The molecule has 22 heavy (non-hydrogen) atoms. The molecular weight excluding hydrogens is 284 g/mol. The van der Waals surface area contributed by atoms with Crippen molar-refractivity contribution in [3.8, 4) is 11.5 Å². The van der Waals surface area contributed by atoms with Gasteiger partial charge in [-0.05, 0) is 19.4 Å². The van der Waals surface area contributed by atoms with E-state index in [9.17, 15) is 4.79 Å². The van der Waals surface area contributed by atoms with Crippen LogP contribution in [0.3, 0.4) is 0 Å². The zero-order valence-corrected chi connectivity index (χ0v) is 12.6. The zero-order chi connectivity index (χ0) is 15.5. The van der Waals surface area contributed by atoms with Crippen LogP contribution in [0.2, 0.25) is 0 Å². The minimum absolute atomic E-state index is 0.0591. The molecule has 1 N–H and O–H groups in total. The molecule has 0 saturated heterocycles. The molecule has 6 heteroatoms. The highest BCUT2D eigenvalue weighted by Gasteiger charge is 2.24. The summed E-state index contributed by atoms with van der Waals surface area (Å²) in [6, 6.07) is 7.47. The van der Waals surface area contributed by atoms with Crippen molar-refractivity contribution < 1.29 is 18.8 Å². The monoisotopic (exact) mass is 302 g/mol. The molecule has 0 fully saturated rings. The zero-order valence-electron chi connectivity index (χ0n) is 12.6. The summed E-state index contributed by atoms with van der Waals surface area (Å²) in [4.78, 5) is 12.0. The fraction of sp³-hybridized carbons (Fsp3) is 0.375. The number of para-hydroxylation sites is 1. The van der Waals surface area contributed by atoms with Gasteiger partial charge in [0.05, 0.1) is 25.3 Å². The lowest BCUT2D eigenvalue weighted by atomic mass is 10.0. The third-order valence-corrected chi connectivity index (χ3v) is 3.55. The number of carbonyl (C=O) groups is 1. The Hall–Kier alpha value is -2.50. The standard InChI is InChI=1S/C16H18N2O4/c1-10-6-13(22-18-10)8-15(19)17-12-7-11-4-3-5-14(20-2)16(11)21-9-12/h3-6,12H,7-9H2,1-2H3,(H,17,19). The first-order chi connectivity index (χ1) is 10.7. The molecule has 2 aromatic rings. The Morgan fingerprint density at radius 3 is 3.09 bits per heavy atom. The summed E-state index contributed by atoms with van der Waals surface area (Å²) in [6.45, 7) is 2.25. The van der Waals surface area contributed by atoms with E-state index in [1.807, 2.05) is 25.1 Å². The fourth-order valence-corrected chi connectivity index (χ4v) is 2.58. The van der Waals surface area contributed by atoms with Gasteiger partial charge in [-0.25, -0.2) is 0 Å². The van der Waals surface area contributed by atoms with Gasteiger partial charge in [-0.3, -0.25) is 4.79 Å². The number of fused-ring (bicyclic) bond motifs is 1. The smallest absolute Gasteiger partial charge is 0.228 e. The van der Waals surface area contributed by atoms with Gasteiger partial charge in [-0.15, -0.1) is 0 Å². The van der Waals surface area contributed by atoms with E-state index in [1.54, 1.807) is 13.2 Å². The van der Waals surface area contributed by atoms with E-state index in [1.165, 1.54) is 0 Å². The Morgan fingerprint density at radius 1 is 1.50 bits per heavy atom. The van der Waals surface area contributed by atoms with Crippen LogP contribution >= 0.6 is 0 Å². The predicted octanol–water partition coefficient (Wildman–Crippen LogP) is 1.65. The van der Waals surface area contributed by atoms with Crippen LogP contribution < -0.4 is 14.8 Å². The molecule has 116 valence electrons. The molecule has 0 saturated carbocycles. The summed E-state index contributed by atoms with van der Waals surface area (Å²) in [6.07, 6.45) is 0.899. The highest BCUT2D eigenvalue weighted by molar-refractivity contribution is 5.78. The lowest BCUT2D eigenvalue weighted by molar-refractivity contribution is -0.121. The molecular formula is C16H18N2O4. The number of amides is 1. The van der Waals surface area contributed by atoms with Crippen molar-refractivity contribution in [2.75, 3.05) is 13.7 Å². The first-order valence-corrected chi connectivity index (χ1v) is 7.16. The summed E-state index contributed by atoms with van der Waals surface area (Å²) in [5.74, 6) is 1.95. The van der Waals surface area contributed by atoms with Gasteiger partial charge in [0.2, 0.25) is 5.91 Å². The number of nitrogens with zero attached hydrogens (tertiary/aromatic N) is 1. The van der Waals surface area contributed by atoms with Gasteiger partial charge in [-0.1, -0.05) is 17.3 Å². The number of rotatable bonds is 4. The molecule has 2 heterocycles. The Labute approximate surface area is 128 Å². The van der Waals surface area contributed by atoms with Crippen molar-refractivity contribution in [2.24, 2.45) is 0 Å². The van der Waals surface area contributed by atoms with Crippen LogP contribution in [0, 0.1) is 6.92 Å². The average Bonchev–Trinajstić information content (AvgIpc) is 2.91. The number of ether oxygens (including phenoxy) is 2. The van der Waals surface area contributed by atoms with Crippen molar-refractivity contribution in [3.63, 3.8) is 0 Å². The number of methoxy groups -OCH3 is 1. The van der Waals surface area contributed by atoms with Crippen molar-refractivity contribution in [1.29, 1.82) is 0 Å². The van der Waals surface area contributed by atoms with Gasteiger partial charge >= 0.3 is 0 Å². The van der Waals surface area contributed by atoms with Gasteiger partial charge in [-0.2, -0.15) is 0 Å². The molecule has 1 amide bonds. The van der Waals surface area contributed by atoms with Crippen molar-refractivity contribution in [3.05, 3.63) is 41.3 Å². The third kappa shape index (κ3) is 3.05. The van der Waals surface area contributed by atoms with Crippen LogP contribution in [0.5, 0.6) is 11.5 Å². The summed E-state index contributed by atoms with van der Waals surface area (Å²) in [7, 11) is 1.62. The van der Waals surface area contributed by atoms with Crippen molar-refractivity contribution in [2.45, 2.75) is 25.8 Å². The molecule has 1 aliphatic heterocycles. The minimum atomic E-state index is -0.101. The Balaban J connectivity index is 1.61. The van der Waals surface area contributed by atoms with Gasteiger partial charge in [0.15, 0.2) is 11.5 Å². The summed E-state index contributed by atoms with van der Waals surface area (Å²) < 4.78 is 16.1. The quantitative estimate of drug-likeness (QED) is 0.929. The summed E-state index contributed by atoms with van der Waals surface area (Å²) in [5, 5.41) is 6.73. The number of hydrogen-bond acceptors (Lipinski definition) is 5. The van der Waals surface area contributed by atoms with E-state index in [-0.39, 0.29) is 18.4 Å². The van der Waals surface area contributed by atoms with Crippen LogP contribution in [-0.2, 0) is 17.6 Å². The van der Waals surface area contributed by atoms with Gasteiger partial charge in [0.1, 0.15) is 12.4 Å². The van der Waals surface area contributed by atoms with Gasteiger partial charge < -0.3 is 19.3 Å². The van der Waals surface area contributed by atoms with Gasteiger partial charge in [0, 0.05) is 11.6 Å². The van der Waals surface area contributed by atoms with E-state index < -0.39 is 0 Å². The van der Waals surface area contributed by atoms with E-state index in [2.05, 4.69) is 10.5 Å². The number of carbonyl (C=O) groups excluding carboxylic acids is 1. The third-order valence-electron chi connectivity index (χ3n) is 3.55. The molecule has 1 atom stereocenters. The number of hydrogen-bond donors (Lipinski definition) is 1. The van der Waals surface area contributed by atoms with Crippen LogP contribution in [0.25, 0.3) is 0 Å². The van der Waals surface area contributed by atoms with Crippen molar-refractivity contribution >= 4 is 5.91 Å². The number of aromatic nitrogens is 1. The second-order valence-electron chi connectivity index (χ2n) is 5.34. The summed E-state index contributed by atoms with van der Waals surface area (Å²) >= 11 is 0. The molecule has 1 aromatic carbocycles. The predicted molar refractivity (Wildman–Crippen MR) is 79.1 cm³/mol. The summed E-state index contributed by atoms with van der Waals surface area (Å²) in [5.41, 5.74) is 1.80. The Morgan fingerprint density at radius 2 is 2.36 bits per heavy atom. The van der Waals surface area contributed by atoms with Crippen LogP contribution in [0.1, 0.15) is 17.0 Å². The molecule has 3 rings (SSSR count).